The van der Waals surface area contributed by atoms with E-state index in [1.807, 2.05) is 24.3 Å². The van der Waals surface area contributed by atoms with Gasteiger partial charge in [-0.1, -0.05) is 35.8 Å². The molecule has 0 unspecified atom stereocenters. The lowest BCUT2D eigenvalue weighted by Crippen LogP contribution is -1.89. The Kier molecular flexibility index (Phi) is 5.76. The summed E-state index contributed by atoms with van der Waals surface area (Å²) in [4.78, 5) is 29.8. The van der Waals surface area contributed by atoms with Crippen LogP contribution < -0.4 is 0 Å². The van der Waals surface area contributed by atoms with Gasteiger partial charge in [0.2, 0.25) is 0 Å². The quantitative estimate of drug-likeness (QED) is 0.148. The molecule has 8 heteroatoms. The predicted octanol–water partition coefficient (Wildman–Crippen LogP) is 5.40. The summed E-state index contributed by atoms with van der Waals surface area (Å²) in [5.74, 6) is 12.1. The van der Waals surface area contributed by atoms with Gasteiger partial charge >= 0.3 is 0 Å². The molecule has 5 aromatic rings. The molecule has 36 heavy (non-hydrogen) atoms. The van der Waals surface area contributed by atoms with Crippen molar-refractivity contribution in [2.75, 3.05) is 0 Å². The van der Waals surface area contributed by atoms with Crippen LogP contribution in [0.1, 0.15) is 22.3 Å². The first kappa shape index (κ1) is 22.2. The number of nitrogens with zero attached hydrogens (tertiary/aromatic N) is 4. The second kappa shape index (κ2) is 9.34. The van der Waals surface area contributed by atoms with Gasteiger partial charge in [-0.3, -0.25) is 30.2 Å². The minimum absolute atomic E-state index is 0.0211. The van der Waals surface area contributed by atoms with Gasteiger partial charge in [0.1, 0.15) is 0 Å². The molecule has 0 saturated heterocycles. The van der Waals surface area contributed by atoms with Gasteiger partial charge < -0.3 is 0 Å². The zero-order valence-corrected chi connectivity index (χ0v) is 18.5. The van der Waals surface area contributed by atoms with Crippen molar-refractivity contribution < 1.29 is 9.85 Å². The van der Waals surface area contributed by atoms with E-state index in [1.54, 1.807) is 36.7 Å². The lowest BCUT2D eigenvalue weighted by Gasteiger charge is -2.03. The van der Waals surface area contributed by atoms with Gasteiger partial charge in [0, 0.05) is 69.7 Å². The number of nitro benzene ring substituents is 2. The first-order valence-corrected chi connectivity index (χ1v) is 10.7. The molecule has 0 fully saturated rings. The van der Waals surface area contributed by atoms with Crippen molar-refractivity contribution in [2.24, 2.45) is 0 Å². The molecule has 0 aliphatic rings. The van der Waals surface area contributed by atoms with Crippen molar-refractivity contribution in [3.63, 3.8) is 0 Å². The maximum absolute atomic E-state index is 10.8. The van der Waals surface area contributed by atoms with Gasteiger partial charge in [-0.05, 0) is 36.4 Å². The van der Waals surface area contributed by atoms with Crippen molar-refractivity contribution >= 4 is 33.2 Å². The Bertz CT molecular complexity index is 1660. The molecular formula is C28H14N4O4. The van der Waals surface area contributed by atoms with E-state index in [2.05, 4.69) is 33.6 Å². The number of benzene rings is 3. The summed E-state index contributed by atoms with van der Waals surface area (Å²) in [7, 11) is 0. The highest BCUT2D eigenvalue weighted by Crippen LogP contribution is 2.23. The third-order valence-corrected chi connectivity index (χ3v) is 5.36. The summed E-state index contributed by atoms with van der Waals surface area (Å²) in [5.41, 5.74) is 4.29. The summed E-state index contributed by atoms with van der Waals surface area (Å²) in [6, 6.07) is 19.9. The molecule has 5 rings (SSSR count). The minimum Gasteiger partial charge on any atom is -0.258 e. The highest BCUT2D eigenvalue weighted by molar-refractivity contribution is 6.03. The molecule has 0 amide bonds. The number of nitro groups is 2. The SMILES string of the molecule is O=[N+]([O-])c1ccc(C#Cc2cnc3c(ccc4cc(C#Cc5ccc([N+](=O)[O-])cc5)cnc43)c2)cc1. The summed E-state index contributed by atoms with van der Waals surface area (Å²) in [5, 5.41) is 23.3. The Hall–Kier alpha value is -5.60. The van der Waals surface area contributed by atoms with Gasteiger partial charge in [-0.2, -0.15) is 0 Å². The van der Waals surface area contributed by atoms with Crippen LogP contribution in [0, 0.1) is 43.9 Å². The molecular weight excluding hydrogens is 456 g/mol. The van der Waals surface area contributed by atoms with Crippen molar-refractivity contribution in [2.45, 2.75) is 0 Å². The third kappa shape index (κ3) is 4.69. The molecule has 2 heterocycles. The van der Waals surface area contributed by atoms with Crippen LogP contribution in [0.3, 0.4) is 0 Å². The summed E-state index contributed by atoms with van der Waals surface area (Å²) < 4.78 is 0. The van der Waals surface area contributed by atoms with Crippen LogP contribution in [-0.2, 0) is 0 Å². The molecule has 8 nitrogen and oxygen atoms in total. The first-order chi connectivity index (χ1) is 17.5. The van der Waals surface area contributed by atoms with E-state index in [1.165, 1.54) is 24.3 Å². The molecule has 0 bridgehead atoms. The van der Waals surface area contributed by atoms with Crippen LogP contribution in [0.2, 0.25) is 0 Å². The van der Waals surface area contributed by atoms with Gasteiger partial charge in [0.25, 0.3) is 11.4 Å². The monoisotopic (exact) mass is 470 g/mol. The molecule has 0 atom stereocenters. The summed E-state index contributed by atoms with van der Waals surface area (Å²) >= 11 is 0. The normalized spacial score (nSPS) is 10.2. The molecule has 0 saturated carbocycles. The smallest absolute Gasteiger partial charge is 0.258 e. The number of pyridine rings is 2. The average Bonchev–Trinajstić information content (AvgIpc) is 2.90. The third-order valence-electron chi connectivity index (χ3n) is 5.36. The highest BCUT2D eigenvalue weighted by atomic mass is 16.6. The molecule has 0 radical (unpaired) electrons. The van der Waals surface area contributed by atoms with Crippen LogP contribution in [-0.4, -0.2) is 19.8 Å². The molecule has 0 spiro atoms. The fraction of sp³-hybridized carbons (Fsp3) is 0. The van der Waals surface area contributed by atoms with Crippen molar-refractivity contribution in [3.05, 3.63) is 128 Å². The van der Waals surface area contributed by atoms with E-state index < -0.39 is 9.85 Å². The van der Waals surface area contributed by atoms with Gasteiger partial charge in [-0.15, -0.1) is 0 Å². The first-order valence-electron chi connectivity index (χ1n) is 10.7. The van der Waals surface area contributed by atoms with Crippen LogP contribution in [0.5, 0.6) is 0 Å². The second-order valence-corrected chi connectivity index (χ2v) is 7.76. The summed E-state index contributed by atoms with van der Waals surface area (Å²) in [6.07, 6.45) is 3.34. The van der Waals surface area contributed by atoms with E-state index in [0.717, 1.165) is 21.8 Å². The van der Waals surface area contributed by atoms with E-state index in [0.29, 0.717) is 22.3 Å². The summed E-state index contributed by atoms with van der Waals surface area (Å²) in [6.45, 7) is 0. The predicted molar refractivity (Wildman–Crippen MR) is 135 cm³/mol. The molecule has 0 aliphatic heterocycles. The van der Waals surface area contributed by atoms with Crippen molar-refractivity contribution in [1.29, 1.82) is 0 Å². The number of aromatic nitrogens is 2. The Balaban J connectivity index is 1.40. The fourth-order valence-corrected chi connectivity index (χ4v) is 3.55. The fourth-order valence-electron chi connectivity index (χ4n) is 3.55. The largest absolute Gasteiger partial charge is 0.269 e. The minimum atomic E-state index is -0.447. The number of fused-ring (bicyclic) bond motifs is 3. The van der Waals surface area contributed by atoms with Crippen LogP contribution in [0.4, 0.5) is 11.4 Å². The van der Waals surface area contributed by atoms with Crippen molar-refractivity contribution in [1.82, 2.24) is 9.97 Å². The number of hydrogen-bond donors (Lipinski definition) is 0. The molecule has 0 aliphatic carbocycles. The Morgan fingerprint density at radius 1 is 0.528 bits per heavy atom. The van der Waals surface area contributed by atoms with Crippen molar-refractivity contribution in [3.8, 4) is 23.7 Å². The van der Waals surface area contributed by atoms with Gasteiger partial charge in [0.15, 0.2) is 0 Å². The Labute approximate surface area is 204 Å². The standard InChI is InChI=1S/C28H14N4O4/c33-31(34)25-11-5-19(6-12-25)1-3-21-15-23-9-10-24-16-22(18-30-28(24)27(23)29-17-21)4-2-20-7-13-26(14-8-20)32(35)36/h5-18H. The Morgan fingerprint density at radius 3 is 1.25 bits per heavy atom. The van der Waals surface area contributed by atoms with E-state index >= 15 is 0 Å². The lowest BCUT2D eigenvalue weighted by atomic mass is 10.1. The molecule has 2 aromatic heterocycles. The maximum Gasteiger partial charge on any atom is 0.269 e. The number of rotatable bonds is 2. The molecule has 170 valence electrons. The molecule has 3 aromatic carbocycles. The average molecular weight is 470 g/mol. The van der Waals surface area contributed by atoms with E-state index in [9.17, 15) is 20.2 Å². The number of hydrogen-bond acceptors (Lipinski definition) is 6. The lowest BCUT2D eigenvalue weighted by molar-refractivity contribution is -0.385. The zero-order valence-electron chi connectivity index (χ0n) is 18.5. The van der Waals surface area contributed by atoms with Gasteiger partial charge in [-0.25, -0.2) is 0 Å². The van der Waals surface area contributed by atoms with Crippen LogP contribution >= 0.6 is 0 Å². The van der Waals surface area contributed by atoms with E-state index in [-0.39, 0.29) is 11.4 Å². The topological polar surface area (TPSA) is 112 Å². The second-order valence-electron chi connectivity index (χ2n) is 7.76. The van der Waals surface area contributed by atoms with E-state index in [4.69, 9.17) is 0 Å². The maximum atomic E-state index is 10.8. The number of non-ortho nitro benzene ring substituents is 2. The molecule has 0 N–H and O–H groups in total. The highest BCUT2D eigenvalue weighted by Gasteiger charge is 2.06. The van der Waals surface area contributed by atoms with Crippen LogP contribution in [0.25, 0.3) is 21.8 Å². The van der Waals surface area contributed by atoms with Gasteiger partial charge in [0.05, 0.1) is 20.9 Å². The Morgan fingerprint density at radius 2 is 0.889 bits per heavy atom. The van der Waals surface area contributed by atoms with Crippen LogP contribution in [0.15, 0.2) is 85.2 Å². The zero-order chi connectivity index (χ0) is 25.1.